The van der Waals surface area contributed by atoms with E-state index in [4.69, 9.17) is 0 Å². The van der Waals surface area contributed by atoms with Crippen LogP contribution < -0.4 is 15.3 Å². The van der Waals surface area contributed by atoms with Gasteiger partial charge in [-0.25, -0.2) is 4.90 Å². The normalized spacial score (nSPS) is 27.1. The van der Waals surface area contributed by atoms with E-state index in [1.165, 1.54) is 11.4 Å². The zero-order chi connectivity index (χ0) is 19.3. The Balaban J connectivity index is 1.80. The molecule has 0 bridgehead atoms. The molecule has 2 aromatic carbocycles. The fraction of sp³-hybridized carbons (Fsp3) is 0.250. The van der Waals surface area contributed by atoms with Gasteiger partial charge in [0.15, 0.2) is 0 Å². The highest BCUT2D eigenvalue weighted by atomic mass is 16.4. The zero-order valence-corrected chi connectivity index (χ0v) is 14.5. The molecule has 0 aliphatic carbocycles. The predicted octanol–water partition coefficient (Wildman–Crippen LogP) is -0.757. The van der Waals surface area contributed by atoms with Gasteiger partial charge < -0.3 is 20.3 Å². The molecular weight excluding hydrogens is 348 g/mol. The second-order valence-corrected chi connectivity index (χ2v) is 7.02. The monoisotopic (exact) mass is 366 g/mol. The summed E-state index contributed by atoms with van der Waals surface area (Å²) in [6.45, 7) is 1.85. The van der Waals surface area contributed by atoms with Crippen molar-refractivity contribution in [3.8, 4) is 5.75 Å². The molecular formula is C20H18N2O5. The lowest BCUT2D eigenvalue weighted by Crippen LogP contribution is -2.92. The maximum Gasteiger partial charge on any atom is 0.244 e. The van der Waals surface area contributed by atoms with E-state index >= 15 is 0 Å². The number of rotatable bonds is 3. The Morgan fingerprint density at radius 3 is 2.44 bits per heavy atom. The van der Waals surface area contributed by atoms with Crippen LogP contribution in [0.3, 0.4) is 0 Å². The van der Waals surface area contributed by atoms with E-state index < -0.39 is 41.7 Å². The molecule has 0 radical (unpaired) electrons. The van der Waals surface area contributed by atoms with Crippen LogP contribution in [0, 0.1) is 18.8 Å². The molecule has 2 aromatic rings. The van der Waals surface area contributed by atoms with Gasteiger partial charge in [-0.2, -0.15) is 0 Å². The Morgan fingerprint density at radius 2 is 1.78 bits per heavy atom. The van der Waals surface area contributed by atoms with Crippen LogP contribution in [0.25, 0.3) is 0 Å². The van der Waals surface area contributed by atoms with Crippen LogP contribution in [0.4, 0.5) is 5.69 Å². The van der Waals surface area contributed by atoms with Gasteiger partial charge in [0.05, 0.1) is 11.3 Å². The first kappa shape index (κ1) is 17.2. The summed E-state index contributed by atoms with van der Waals surface area (Å²) in [6, 6.07) is 11.5. The van der Waals surface area contributed by atoms with Gasteiger partial charge >= 0.3 is 0 Å². The lowest BCUT2D eigenvalue weighted by atomic mass is 9.86. The molecule has 2 aliphatic rings. The summed E-state index contributed by atoms with van der Waals surface area (Å²) in [4.78, 5) is 38.9. The number of anilines is 1. The number of benzene rings is 2. The predicted molar refractivity (Wildman–Crippen MR) is 92.2 cm³/mol. The van der Waals surface area contributed by atoms with Gasteiger partial charge in [0.1, 0.15) is 35.6 Å². The minimum atomic E-state index is -1.39. The summed E-state index contributed by atoms with van der Waals surface area (Å²) in [5.41, 5.74) is 1.74. The van der Waals surface area contributed by atoms with E-state index in [1.54, 1.807) is 36.4 Å². The summed E-state index contributed by atoms with van der Waals surface area (Å²) in [7, 11) is 0. The smallest absolute Gasteiger partial charge is 0.244 e. The molecule has 138 valence electrons. The fourth-order valence-corrected chi connectivity index (χ4v) is 4.24. The number of nitrogens with zero attached hydrogens (tertiary/aromatic N) is 1. The molecule has 2 amide bonds. The molecule has 7 nitrogen and oxygen atoms in total. The number of phenolic OH excluding ortho intramolecular Hbond substituents is 1. The number of carboxylic acid groups (broad SMARTS) is 1. The van der Waals surface area contributed by atoms with E-state index in [1.807, 2.05) is 13.0 Å². The number of imide groups is 1. The first-order chi connectivity index (χ1) is 12.9. The average Bonchev–Trinajstić information content (AvgIpc) is 3.13. The quantitative estimate of drug-likeness (QED) is 0.694. The topological polar surface area (TPSA) is 114 Å². The summed E-state index contributed by atoms with van der Waals surface area (Å²) < 4.78 is 0. The Labute approximate surface area is 155 Å². The second-order valence-electron chi connectivity index (χ2n) is 7.02. The van der Waals surface area contributed by atoms with Crippen molar-refractivity contribution in [3.05, 3.63) is 59.7 Å². The maximum atomic E-state index is 13.2. The Morgan fingerprint density at radius 1 is 1.07 bits per heavy atom. The molecule has 0 aromatic heterocycles. The van der Waals surface area contributed by atoms with Crippen molar-refractivity contribution < 1.29 is 29.9 Å². The number of carboxylic acids is 1. The number of amides is 2. The number of hydrogen-bond donors (Lipinski definition) is 2. The summed E-state index contributed by atoms with van der Waals surface area (Å²) in [6.07, 6.45) is 0. The molecule has 4 atom stereocenters. The van der Waals surface area contributed by atoms with Crippen LogP contribution in [0.5, 0.6) is 5.75 Å². The van der Waals surface area contributed by atoms with Gasteiger partial charge in [0.2, 0.25) is 11.8 Å². The van der Waals surface area contributed by atoms with Crippen molar-refractivity contribution in [1.29, 1.82) is 0 Å². The Bertz CT molecular complexity index is 957. The summed E-state index contributed by atoms with van der Waals surface area (Å²) in [5, 5.41) is 23.3. The summed E-state index contributed by atoms with van der Waals surface area (Å²) >= 11 is 0. The first-order valence-electron chi connectivity index (χ1n) is 8.68. The number of carbonyl (C=O) groups excluding carboxylic acids is 3. The number of para-hydroxylation sites is 1. The van der Waals surface area contributed by atoms with E-state index in [-0.39, 0.29) is 5.75 Å². The standard InChI is InChI=1S/C20H18N2O5/c1-10-5-4-6-11(9-10)22-18(24)14-15(19(22)25)17(20(26)27)21-16(14)12-7-2-3-8-13(12)23/h2-9,14-17,21,23H,1H3,(H,26,27)/t14-,15+,16+,17-/m0/s1. The third-order valence-electron chi connectivity index (χ3n) is 5.41. The van der Waals surface area contributed by atoms with Crippen molar-refractivity contribution in [2.75, 3.05) is 4.90 Å². The van der Waals surface area contributed by atoms with Gasteiger partial charge in [-0.05, 0) is 36.8 Å². The number of nitrogens with two attached hydrogens (primary N) is 1. The van der Waals surface area contributed by atoms with Crippen molar-refractivity contribution in [2.45, 2.75) is 19.0 Å². The number of aromatic hydroxyl groups is 1. The lowest BCUT2D eigenvalue weighted by Gasteiger charge is -2.21. The number of fused-ring (bicyclic) bond motifs is 1. The molecule has 7 heteroatoms. The van der Waals surface area contributed by atoms with Crippen LogP contribution in [-0.2, 0) is 14.4 Å². The van der Waals surface area contributed by atoms with Crippen LogP contribution >= 0.6 is 0 Å². The largest absolute Gasteiger partial charge is 0.544 e. The van der Waals surface area contributed by atoms with Gasteiger partial charge in [-0.15, -0.1) is 0 Å². The number of quaternary nitrogens is 1. The first-order valence-corrected chi connectivity index (χ1v) is 8.68. The number of hydrogen-bond acceptors (Lipinski definition) is 5. The third-order valence-corrected chi connectivity index (χ3v) is 5.41. The van der Waals surface area contributed by atoms with Gasteiger partial charge in [-0.3, -0.25) is 9.59 Å². The minimum Gasteiger partial charge on any atom is -0.544 e. The van der Waals surface area contributed by atoms with E-state index in [2.05, 4.69) is 0 Å². The van der Waals surface area contributed by atoms with Crippen molar-refractivity contribution in [1.82, 2.24) is 0 Å². The fourth-order valence-electron chi connectivity index (χ4n) is 4.24. The number of carbonyl (C=O) groups is 3. The van der Waals surface area contributed by atoms with Gasteiger partial charge in [0.25, 0.3) is 0 Å². The number of aliphatic carboxylic acids is 1. The number of phenols is 1. The van der Waals surface area contributed by atoms with Crippen LogP contribution in [0.1, 0.15) is 17.2 Å². The molecule has 2 saturated heterocycles. The molecule has 27 heavy (non-hydrogen) atoms. The van der Waals surface area contributed by atoms with E-state index in [0.29, 0.717) is 11.3 Å². The van der Waals surface area contributed by atoms with Gasteiger partial charge in [0, 0.05) is 0 Å². The van der Waals surface area contributed by atoms with Crippen molar-refractivity contribution in [2.24, 2.45) is 11.8 Å². The zero-order valence-electron chi connectivity index (χ0n) is 14.5. The van der Waals surface area contributed by atoms with Crippen molar-refractivity contribution >= 4 is 23.5 Å². The van der Waals surface area contributed by atoms with Crippen LogP contribution in [0.15, 0.2) is 48.5 Å². The minimum absolute atomic E-state index is 0.0363. The molecule has 3 N–H and O–H groups in total. The van der Waals surface area contributed by atoms with E-state index in [0.717, 1.165) is 10.5 Å². The summed E-state index contributed by atoms with van der Waals surface area (Å²) in [5.74, 6) is -4.34. The molecule has 2 aliphatic heterocycles. The van der Waals surface area contributed by atoms with Crippen LogP contribution in [0.2, 0.25) is 0 Å². The highest BCUT2D eigenvalue weighted by molar-refractivity contribution is 6.23. The molecule has 2 fully saturated rings. The average molecular weight is 366 g/mol. The third kappa shape index (κ3) is 2.59. The van der Waals surface area contributed by atoms with Gasteiger partial charge in [-0.1, -0.05) is 24.3 Å². The molecule has 0 spiro atoms. The maximum absolute atomic E-state index is 13.2. The Hall–Kier alpha value is -3.19. The molecule has 2 heterocycles. The molecule has 4 rings (SSSR count). The SMILES string of the molecule is Cc1cccc(N2C(=O)[C@@H]3[C@H](C2=O)[C@@H](c2ccccc2O)[NH2+][C@@H]3C(=O)[O-])c1. The highest BCUT2D eigenvalue weighted by Gasteiger charge is 2.63. The molecule has 0 unspecified atom stereocenters. The second kappa shape index (κ2) is 6.21. The Kier molecular flexibility index (Phi) is 3.96. The number of aryl methyl sites for hydroxylation is 1. The highest BCUT2D eigenvalue weighted by Crippen LogP contribution is 2.43. The van der Waals surface area contributed by atoms with Crippen LogP contribution in [-0.4, -0.2) is 28.9 Å². The van der Waals surface area contributed by atoms with Crippen molar-refractivity contribution in [3.63, 3.8) is 0 Å². The molecule has 0 saturated carbocycles. The lowest BCUT2D eigenvalue weighted by molar-refractivity contribution is -0.705. The van der Waals surface area contributed by atoms with E-state index in [9.17, 15) is 24.6 Å².